The van der Waals surface area contributed by atoms with Crippen LogP contribution < -0.4 is 20.3 Å². The molecule has 32 heavy (non-hydrogen) atoms. The van der Waals surface area contributed by atoms with Gasteiger partial charge in [-0.3, -0.25) is 9.59 Å². The molecule has 7 nitrogen and oxygen atoms in total. The number of thioether (sulfide) groups is 1. The van der Waals surface area contributed by atoms with Crippen LogP contribution in [0.3, 0.4) is 0 Å². The molecule has 166 valence electrons. The Balaban J connectivity index is 1.75. The van der Waals surface area contributed by atoms with E-state index in [-0.39, 0.29) is 18.1 Å². The number of fused-ring (bicyclic) bond motifs is 1. The van der Waals surface area contributed by atoms with E-state index in [4.69, 9.17) is 9.47 Å². The maximum Gasteiger partial charge on any atom is 0.279 e. The van der Waals surface area contributed by atoms with Crippen LogP contribution in [0.15, 0.2) is 52.4 Å². The summed E-state index contributed by atoms with van der Waals surface area (Å²) >= 11 is 1.34. The Kier molecular flexibility index (Phi) is 6.18. The van der Waals surface area contributed by atoms with E-state index in [9.17, 15) is 14.0 Å². The summed E-state index contributed by atoms with van der Waals surface area (Å²) < 4.78 is 25.8. The molecule has 0 spiro atoms. The molecule has 3 aromatic rings. The SMILES string of the molecule is COc1cccc(C2CC(=O)Nc3c2c(=O)nc(SCc2ccc(F)cc2)n3C)c1OC. The number of hydrogen-bond acceptors (Lipinski definition) is 6. The van der Waals surface area contributed by atoms with Crippen molar-refractivity contribution in [1.82, 2.24) is 9.55 Å². The molecule has 0 aliphatic carbocycles. The van der Waals surface area contributed by atoms with Gasteiger partial charge in [0.1, 0.15) is 11.6 Å². The third-order valence-corrected chi connectivity index (χ3v) is 6.49. The second-order valence-corrected chi connectivity index (χ2v) is 8.27. The lowest BCUT2D eigenvalue weighted by Gasteiger charge is -2.28. The molecule has 0 bridgehead atoms. The minimum absolute atomic E-state index is 0.0928. The van der Waals surface area contributed by atoms with E-state index in [0.29, 0.717) is 39.4 Å². The number of halogens is 1. The van der Waals surface area contributed by atoms with Gasteiger partial charge in [0.2, 0.25) is 5.91 Å². The maximum absolute atomic E-state index is 13.1. The van der Waals surface area contributed by atoms with Gasteiger partial charge in [-0.1, -0.05) is 36.0 Å². The van der Waals surface area contributed by atoms with Crippen molar-refractivity contribution in [1.29, 1.82) is 0 Å². The van der Waals surface area contributed by atoms with E-state index in [1.54, 1.807) is 35.9 Å². The quantitative estimate of drug-likeness (QED) is 0.451. The number of ether oxygens (including phenoxy) is 2. The van der Waals surface area contributed by atoms with Crippen LogP contribution in [0.4, 0.5) is 10.2 Å². The number of nitrogens with one attached hydrogen (secondary N) is 1. The van der Waals surface area contributed by atoms with Crippen LogP contribution in [0.5, 0.6) is 11.5 Å². The van der Waals surface area contributed by atoms with E-state index < -0.39 is 11.5 Å². The predicted octanol–water partition coefficient (Wildman–Crippen LogP) is 3.70. The average molecular weight is 456 g/mol. The summed E-state index contributed by atoms with van der Waals surface area (Å²) in [7, 11) is 4.81. The van der Waals surface area contributed by atoms with Crippen molar-refractivity contribution in [2.45, 2.75) is 23.2 Å². The summed E-state index contributed by atoms with van der Waals surface area (Å²) in [4.78, 5) is 30.0. The first-order valence-corrected chi connectivity index (χ1v) is 10.9. The van der Waals surface area contributed by atoms with Gasteiger partial charge in [-0.2, -0.15) is 4.98 Å². The van der Waals surface area contributed by atoms with Crippen LogP contribution in [0.1, 0.15) is 29.0 Å². The lowest BCUT2D eigenvalue weighted by molar-refractivity contribution is -0.116. The Morgan fingerprint density at radius 2 is 1.91 bits per heavy atom. The topological polar surface area (TPSA) is 82.5 Å². The van der Waals surface area contributed by atoms with E-state index in [1.807, 2.05) is 6.07 Å². The Labute approximate surface area is 188 Å². The number of aromatic nitrogens is 2. The minimum atomic E-state index is -0.522. The van der Waals surface area contributed by atoms with Crippen LogP contribution in [0.25, 0.3) is 0 Å². The molecule has 1 aliphatic heterocycles. The van der Waals surface area contributed by atoms with Gasteiger partial charge in [0.05, 0.1) is 19.8 Å². The fourth-order valence-corrected chi connectivity index (χ4v) is 4.77. The van der Waals surface area contributed by atoms with Gasteiger partial charge in [-0.05, 0) is 23.8 Å². The number of benzene rings is 2. The number of methoxy groups -OCH3 is 2. The van der Waals surface area contributed by atoms with Crippen molar-refractivity contribution in [3.05, 3.63) is 75.3 Å². The summed E-state index contributed by atoms with van der Waals surface area (Å²) in [5, 5.41) is 3.29. The largest absolute Gasteiger partial charge is 0.493 e. The Bertz CT molecular complexity index is 1230. The van der Waals surface area contributed by atoms with Crippen molar-refractivity contribution >= 4 is 23.5 Å². The molecule has 9 heteroatoms. The summed E-state index contributed by atoms with van der Waals surface area (Å²) in [6, 6.07) is 11.5. The normalized spacial score (nSPS) is 15.1. The lowest BCUT2D eigenvalue weighted by atomic mass is 9.86. The molecule has 0 radical (unpaired) electrons. The number of rotatable bonds is 6. The fourth-order valence-electron chi connectivity index (χ4n) is 3.84. The van der Waals surface area contributed by atoms with Gasteiger partial charge >= 0.3 is 0 Å². The molecule has 0 saturated carbocycles. The number of nitrogens with zero attached hydrogens (tertiary/aromatic N) is 2. The van der Waals surface area contributed by atoms with E-state index in [2.05, 4.69) is 10.3 Å². The number of carbonyl (C=O) groups excluding carboxylic acids is 1. The van der Waals surface area contributed by atoms with E-state index in [1.165, 1.54) is 38.1 Å². The van der Waals surface area contributed by atoms with Gasteiger partial charge in [0, 0.05) is 30.7 Å². The first-order chi connectivity index (χ1) is 15.4. The summed E-state index contributed by atoms with van der Waals surface area (Å²) in [5.74, 6) is 0.887. The predicted molar refractivity (Wildman–Crippen MR) is 120 cm³/mol. The molecule has 0 saturated heterocycles. The first kappa shape index (κ1) is 21.9. The van der Waals surface area contributed by atoms with E-state index in [0.717, 1.165) is 5.56 Å². The third kappa shape index (κ3) is 4.08. The Hall–Kier alpha value is -3.33. The highest BCUT2D eigenvalue weighted by Crippen LogP contribution is 2.43. The average Bonchev–Trinajstić information content (AvgIpc) is 2.80. The van der Waals surface area contributed by atoms with Crippen molar-refractivity contribution in [2.24, 2.45) is 7.05 Å². The first-order valence-electron chi connectivity index (χ1n) is 9.91. The number of anilines is 1. The smallest absolute Gasteiger partial charge is 0.279 e. The maximum atomic E-state index is 13.1. The zero-order valence-electron chi connectivity index (χ0n) is 17.8. The second kappa shape index (κ2) is 9.04. The number of hydrogen-bond donors (Lipinski definition) is 1. The molecule has 1 aliphatic rings. The zero-order chi connectivity index (χ0) is 22.8. The molecular formula is C23H22FN3O4S. The summed E-state index contributed by atoms with van der Waals surface area (Å²) in [6.07, 6.45) is 0.0928. The highest BCUT2D eigenvalue weighted by atomic mass is 32.2. The van der Waals surface area contributed by atoms with Crippen molar-refractivity contribution in [3.63, 3.8) is 0 Å². The fraction of sp³-hybridized carbons (Fsp3) is 0.261. The Morgan fingerprint density at radius 3 is 2.59 bits per heavy atom. The monoisotopic (exact) mass is 455 g/mol. The molecule has 2 heterocycles. The highest BCUT2D eigenvalue weighted by molar-refractivity contribution is 7.98. The number of amides is 1. The third-order valence-electron chi connectivity index (χ3n) is 5.39. The molecule has 1 N–H and O–H groups in total. The van der Waals surface area contributed by atoms with E-state index >= 15 is 0 Å². The molecule has 4 rings (SSSR count). The van der Waals surface area contributed by atoms with Gasteiger partial charge in [-0.25, -0.2) is 4.39 Å². The van der Waals surface area contributed by atoms with Crippen LogP contribution >= 0.6 is 11.8 Å². The van der Waals surface area contributed by atoms with Crippen molar-refractivity contribution < 1.29 is 18.7 Å². The molecule has 2 aromatic carbocycles. The van der Waals surface area contributed by atoms with Gasteiger partial charge in [-0.15, -0.1) is 0 Å². The molecular weight excluding hydrogens is 433 g/mol. The van der Waals surface area contributed by atoms with Crippen LogP contribution in [0, 0.1) is 5.82 Å². The van der Waals surface area contributed by atoms with Crippen LogP contribution in [0.2, 0.25) is 0 Å². The lowest BCUT2D eigenvalue weighted by Crippen LogP contribution is -2.33. The molecule has 1 aromatic heterocycles. The Morgan fingerprint density at radius 1 is 1.16 bits per heavy atom. The number of para-hydroxylation sites is 1. The molecule has 0 fully saturated rings. The van der Waals surface area contributed by atoms with Gasteiger partial charge in [0.15, 0.2) is 16.7 Å². The summed E-state index contributed by atoms with van der Waals surface area (Å²) in [6.45, 7) is 0. The van der Waals surface area contributed by atoms with Crippen molar-refractivity contribution in [3.8, 4) is 11.5 Å². The minimum Gasteiger partial charge on any atom is -0.493 e. The zero-order valence-corrected chi connectivity index (χ0v) is 18.7. The van der Waals surface area contributed by atoms with Crippen LogP contribution in [-0.4, -0.2) is 29.7 Å². The van der Waals surface area contributed by atoms with Gasteiger partial charge in [0.25, 0.3) is 5.56 Å². The van der Waals surface area contributed by atoms with Crippen molar-refractivity contribution in [2.75, 3.05) is 19.5 Å². The second-order valence-electron chi connectivity index (χ2n) is 7.32. The number of carbonyl (C=O) groups is 1. The highest BCUT2D eigenvalue weighted by Gasteiger charge is 2.34. The van der Waals surface area contributed by atoms with Gasteiger partial charge < -0.3 is 19.4 Å². The summed E-state index contributed by atoms with van der Waals surface area (Å²) in [5.41, 5.74) is 1.58. The molecule has 1 unspecified atom stereocenters. The standard InChI is InChI=1S/C23H22FN3O4S/c1-27-21-19(22(29)26-23(27)32-12-13-7-9-14(24)10-8-13)16(11-18(28)25-21)15-5-4-6-17(30-2)20(15)31-3/h4-10,16H,11-12H2,1-3H3,(H,25,28). The molecule has 1 amide bonds. The molecule has 1 atom stereocenters. The van der Waals surface area contributed by atoms with Crippen LogP contribution in [-0.2, 0) is 17.6 Å².